The first-order valence-corrected chi connectivity index (χ1v) is 6.74. The number of aliphatic imine (C=N–C) groups is 1. The van der Waals surface area contributed by atoms with Crippen LogP contribution in [0.15, 0.2) is 34.2 Å². The van der Waals surface area contributed by atoms with Gasteiger partial charge in [-0.05, 0) is 19.1 Å². The summed E-state index contributed by atoms with van der Waals surface area (Å²) in [4.78, 5) is 4.68. The normalized spacial score (nSPS) is 17.9. The van der Waals surface area contributed by atoms with Crippen LogP contribution in [0.1, 0.15) is 20.3 Å². The van der Waals surface area contributed by atoms with E-state index in [-0.39, 0.29) is 0 Å². The molecule has 0 N–H and O–H groups in total. The first-order valence-electron chi connectivity index (χ1n) is 5.30. The van der Waals surface area contributed by atoms with E-state index >= 15 is 0 Å². The van der Waals surface area contributed by atoms with E-state index in [1.54, 1.807) is 24.3 Å². The lowest BCUT2D eigenvalue weighted by atomic mass is 10.3. The van der Waals surface area contributed by atoms with Crippen LogP contribution in [0.5, 0.6) is 0 Å². The van der Waals surface area contributed by atoms with Gasteiger partial charge in [0.25, 0.3) is 10.0 Å². The van der Waals surface area contributed by atoms with Crippen LogP contribution in [-0.2, 0) is 10.0 Å². The van der Waals surface area contributed by atoms with E-state index in [1.165, 1.54) is 4.31 Å². The van der Waals surface area contributed by atoms with E-state index in [4.69, 9.17) is 0 Å². The van der Waals surface area contributed by atoms with E-state index in [2.05, 4.69) is 4.99 Å². The van der Waals surface area contributed by atoms with Gasteiger partial charge >= 0.3 is 0 Å². The minimum Gasteiger partial charge on any atom is -0.254 e. The Bertz CT molecular complexity index is 535. The number of benzene rings is 1. The van der Waals surface area contributed by atoms with Crippen molar-refractivity contribution in [1.29, 1.82) is 0 Å². The molecule has 0 saturated heterocycles. The summed E-state index contributed by atoms with van der Waals surface area (Å²) in [5.41, 5.74) is 0.545. The Kier molecular flexibility index (Phi) is 2.71. The van der Waals surface area contributed by atoms with Crippen molar-refractivity contribution < 1.29 is 8.42 Å². The third kappa shape index (κ3) is 1.51. The molecule has 0 bridgehead atoms. The van der Waals surface area contributed by atoms with Crippen molar-refractivity contribution in [3.63, 3.8) is 0 Å². The van der Waals surface area contributed by atoms with E-state index in [1.807, 2.05) is 13.8 Å². The fraction of sp³-hybridized carbons (Fsp3) is 0.364. The highest BCUT2D eigenvalue weighted by Gasteiger charge is 2.31. The first-order chi connectivity index (χ1) is 7.61. The molecule has 1 aromatic rings. The SMILES string of the molecule is CCC1=Nc2ccccc2S(=O)(=O)N1CC. The maximum absolute atomic E-state index is 12.2. The number of sulfonamides is 1. The van der Waals surface area contributed by atoms with Crippen molar-refractivity contribution in [2.24, 2.45) is 4.99 Å². The van der Waals surface area contributed by atoms with E-state index in [9.17, 15) is 8.42 Å². The third-order valence-corrected chi connectivity index (χ3v) is 4.52. The lowest BCUT2D eigenvalue weighted by Gasteiger charge is -2.28. The Hall–Kier alpha value is -1.36. The molecule has 1 aliphatic rings. The van der Waals surface area contributed by atoms with Crippen LogP contribution >= 0.6 is 0 Å². The third-order valence-electron chi connectivity index (χ3n) is 2.57. The highest BCUT2D eigenvalue weighted by Crippen LogP contribution is 2.32. The molecule has 0 radical (unpaired) electrons. The fourth-order valence-electron chi connectivity index (χ4n) is 1.83. The van der Waals surface area contributed by atoms with Crippen LogP contribution in [0.4, 0.5) is 5.69 Å². The van der Waals surface area contributed by atoms with E-state index in [0.29, 0.717) is 29.4 Å². The summed E-state index contributed by atoms with van der Waals surface area (Å²) in [7, 11) is -3.39. The Morgan fingerprint density at radius 2 is 1.94 bits per heavy atom. The smallest absolute Gasteiger partial charge is 0.254 e. The summed E-state index contributed by atoms with van der Waals surface area (Å²) in [6.45, 7) is 4.14. The topological polar surface area (TPSA) is 49.7 Å². The molecule has 1 aliphatic heterocycles. The van der Waals surface area contributed by atoms with Gasteiger partial charge in [0.15, 0.2) is 0 Å². The number of nitrogens with zero attached hydrogens (tertiary/aromatic N) is 2. The number of hydrogen-bond donors (Lipinski definition) is 0. The lowest BCUT2D eigenvalue weighted by molar-refractivity contribution is 0.524. The number of fused-ring (bicyclic) bond motifs is 1. The van der Waals surface area contributed by atoms with Crippen molar-refractivity contribution in [3.05, 3.63) is 24.3 Å². The van der Waals surface area contributed by atoms with Crippen molar-refractivity contribution in [2.75, 3.05) is 6.54 Å². The number of para-hydroxylation sites is 1. The maximum Gasteiger partial charge on any atom is 0.267 e. The van der Waals surface area contributed by atoms with E-state index in [0.717, 1.165) is 0 Å². The second kappa shape index (κ2) is 3.90. The first kappa shape index (κ1) is 11.1. The highest BCUT2D eigenvalue weighted by atomic mass is 32.2. The van der Waals surface area contributed by atoms with Crippen molar-refractivity contribution in [1.82, 2.24) is 4.31 Å². The summed E-state index contributed by atoms with van der Waals surface area (Å²) in [6, 6.07) is 6.85. The second-order valence-corrected chi connectivity index (χ2v) is 5.35. The average Bonchev–Trinajstić information content (AvgIpc) is 2.28. The zero-order valence-electron chi connectivity index (χ0n) is 9.34. The Labute approximate surface area is 95.7 Å². The summed E-state index contributed by atoms with van der Waals surface area (Å²) in [5, 5.41) is 0. The predicted molar refractivity (Wildman–Crippen MR) is 63.4 cm³/mol. The largest absolute Gasteiger partial charge is 0.267 e. The molecule has 1 heterocycles. The Morgan fingerprint density at radius 3 is 2.56 bits per heavy atom. The second-order valence-electron chi connectivity index (χ2n) is 3.52. The molecule has 0 aromatic heterocycles. The van der Waals surface area contributed by atoms with Gasteiger partial charge in [-0.1, -0.05) is 19.1 Å². The summed E-state index contributed by atoms with van der Waals surface area (Å²) in [5.74, 6) is 0.612. The molecular weight excluding hydrogens is 224 g/mol. The van der Waals surface area contributed by atoms with Crippen LogP contribution in [0.2, 0.25) is 0 Å². The van der Waals surface area contributed by atoms with Crippen molar-refractivity contribution in [3.8, 4) is 0 Å². The zero-order valence-corrected chi connectivity index (χ0v) is 10.2. The minimum absolute atomic E-state index is 0.300. The average molecular weight is 238 g/mol. The molecule has 0 atom stereocenters. The van der Waals surface area contributed by atoms with Crippen molar-refractivity contribution >= 4 is 21.5 Å². The summed E-state index contributed by atoms with van der Waals surface area (Å²) >= 11 is 0. The minimum atomic E-state index is -3.39. The van der Waals surface area contributed by atoms with Crippen LogP contribution in [0.25, 0.3) is 0 Å². The molecule has 0 amide bonds. The standard InChI is InChI=1S/C11H14N2O2S/c1-3-11-12-9-7-5-6-8-10(9)16(14,15)13(11)4-2/h5-8H,3-4H2,1-2H3. The van der Waals surface area contributed by atoms with Gasteiger partial charge in [-0.25, -0.2) is 13.4 Å². The van der Waals surface area contributed by atoms with Crippen LogP contribution in [-0.4, -0.2) is 25.1 Å². The van der Waals surface area contributed by atoms with Gasteiger partial charge < -0.3 is 0 Å². The molecule has 0 aliphatic carbocycles. The van der Waals surface area contributed by atoms with Crippen LogP contribution < -0.4 is 0 Å². The number of amidine groups is 1. The molecule has 2 rings (SSSR count). The Morgan fingerprint density at radius 1 is 1.25 bits per heavy atom. The molecule has 0 unspecified atom stereocenters. The summed E-state index contributed by atoms with van der Waals surface area (Å²) < 4.78 is 25.9. The molecule has 5 heteroatoms. The zero-order chi connectivity index (χ0) is 11.8. The monoisotopic (exact) mass is 238 g/mol. The Balaban J connectivity index is 2.70. The molecule has 16 heavy (non-hydrogen) atoms. The van der Waals surface area contributed by atoms with Gasteiger partial charge in [-0.2, -0.15) is 0 Å². The predicted octanol–water partition coefficient (Wildman–Crippen LogP) is 2.15. The molecule has 86 valence electrons. The molecule has 0 spiro atoms. The number of rotatable bonds is 2. The highest BCUT2D eigenvalue weighted by molar-refractivity contribution is 7.90. The van der Waals surface area contributed by atoms with Crippen molar-refractivity contribution in [2.45, 2.75) is 25.2 Å². The van der Waals surface area contributed by atoms with Gasteiger partial charge in [0.05, 0.1) is 5.69 Å². The van der Waals surface area contributed by atoms with Gasteiger partial charge in [-0.15, -0.1) is 0 Å². The summed E-state index contributed by atoms with van der Waals surface area (Å²) in [6.07, 6.45) is 0.613. The van der Waals surface area contributed by atoms with Gasteiger partial charge in [0, 0.05) is 13.0 Å². The van der Waals surface area contributed by atoms with Gasteiger partial charge in [0.1, 0.15) is 10.7 Å². The van der Waals surface area contributed by atoms with Crippen LogP contribution in [0, 0.1) is 0 Å². The van der Waals surface area contributed by atoms with E-state index < -0.39 is 10.0 Å². The molecule has 0 fully saturated rings. The molecule has 4 nitrogen and oxygen atoms in total. The maximum atomic E-state index is 12.2. The van der Waals surface area contributed by atoms with Gasteiger partial charge in [0.2, 0.25) is 0 Å². The van der Waals surface area contributed by atoms with Gasteiger partial charge in [-0.3, -0.25) is 4.31 Å². The number of hydrogen-bond acceptors (Lipinski definition) is 3. The molecule has 0 saturated carbocycles. The molecular formula is C11H14N2O2S. The fourth-order valence-corrected chi connectivity index (χ4v) is 3.48. The van der Waals surface area contributed by atoms with Crippen LogP contribution in [0.3, 0.4) is 0 Å². The lowest BCUT2D eigenvalue weighted by Crippen LogP contribution is -2.38. The quantitative estimate of drug-likeness (QED) is 0.792. The molecule has 1 aromatic carbocycles.